The Kier molecular flexibility index (Phi) is 4.84. The number of allylic oxidation sites excluding steroid dienone is 2. The SMILES string of the molecule is CN1CCN(S(=O)(=O)c2ccc3c(c2)C2C=CCC2C(c2ccc(O)cc2)N3)CC1. The molecule has 30 heavy (non-hydrogen) atoms. The van der Waals surface area contributed by atoms with E-state index >= 15 is 0 Å². The summed E-state index contributed by atoms with van der Waals surface area (Å²) in [6.45, 7) is 2.58. The van der Waals surface area contributed by atoms with Gasteiger partial charge in [-0.2, -0.15) is 4.31 Å². The number of nitrogens with zero attached hydrogens (tertiary/aromatic N) is 2. The lowest BCUT2D eigenvalue weighted by Gasteiger charge is -2.38. The van der Waals surface area contributed by atoms with Crippen LogP contribution in [0.15, 0.2) is 59.5 Å². The van der Waals surface area contributed by atoms with E-state index in [1.54, 1.807) is 22.5 Å². The highest BCUT2D eigenvalue weighted by Crippen LogP contribution is 2.50. The third kappa shape index (κ3) is 3.31. The minimum absolute atomic E-state index is 0.123. The van der Waals surface area contributed by atoms with Crippen LogP contribution in [0.4, 0.5) is 5.69 Å². The summed E-state index contributed by atoms with van der Waals surface area (Å²) in [5.74, 6) is 0.765. The fraction of sp³-hybridized carbons (Fsp3) is 0.391. The van der Waals surface area contributed by atoms with E-state index in [-0.39, 0.29) is 17.7 Å². The Bertz CT molecular complexity index is 1070. The van der Waals surface area contributed by atoms with Gasteiger partial charge in [-0.05, 0) is 60.8 Å². The Hall–Kier alpha value is -2.35. The molecule has 2 aromatic carbocycles. The van der Waals surface area contributed by atoms with Gasteiger partial charge < -0.3 is 15.3 Å². The number of phenols is 1. The predicted octanol–water partition coefficient (Wildman–Crippen LogP) is 3.15. The van der Waals surface area contributed by atoms with Gasteiger partial charge in [0.2, 0.25) is 10.0 Å². The zero-order valence-corrected chi connectivity index (χ0v) is 17.8. The van der Waals surface area contributed by atoms with Crippen molar-refractivity contribution in [1.82, 2.24) is 9.21 Å². The van der Waals surface area contributed by atoms with E-state index < -0.39 is 10.0 Å². The van der Waals surface area contributed by atoms with Gasteiger partial charge in [0.1, 0.15) is 5.75 Å². The van der Waals surface area contributed by atoms with Crippen molar-refractivity contribution in [3.05, 3.63) is 65.7 Å². The molecule has 3 aliphatic rings. The van der Waals surface area contributed by atoms with Crippen molar-refractivity contribution in [2.75, 3.05) is 38.5 Å². The van der Waals surface area contributed by atoms with E-state index in [9.17, 15) is 13.5 Å². The fourth-order valence-corrected chi connectivity index (χ4v) is 6.38. The molecule has 0 aromatic heterocycles. The normalized spacial score (nSPS) is 26.8. The number of hydrogen-bond donors (Lipinski definition) is 2. The van der Waals surface area contributed by atoms with Gasteiger partial charge in [0.05, 0.1) is 10.9 Å². The topological polar surface area (TPSA) is 72.9 Å². The first kappa shape index (κ1) is 19.6. The first-order chi connectivity index (χ1) is 14.4. The molecule has 1 aliphatic carbocycles. The molecule has 3 atom stereocenters. The molecule has 2 aliphatic heterocycles. The fourth-order valence-electron chi connectivity index (χ4n) is 4.92. The molecule has 0 amide bonds. The highest BCUT2D eigenvalue weighted by Gasteiger charge is 2.39. The van der Waals surface area contributed by atoms with Crippen molar-refractivity contribution >= 4 is 15.7 Å². The van der Waals surface area contributed by atoms with Crippen LogP contribution in [0.25, 0.3) is 0 Å². The predicted molar refractivity (Wildman–Crippen MR) is 117 cm³/mol. The summed E-state index contributed by atoms with van der Waals surface area (Å²) in [6, 6.07) is 13.0. The van der Waals surface area contributed by atoms with Crippen molar-refractivity contribution in [2.45, 2.75) is 23.3 Å². The molecule has 5 rings (SSSR count). The third-order valence-corrected chi connectivity index (χ3v) is 8.58. The smallest absolute Gasteiger partial charge is 0.243 e. The molecule has 2 aromatic rings. The summed E-state index contributed by atoms with van der Waals surface area (Å²) in [4.78, 5) is 2.54. The highest BCUT2D eigenvalue weighted by atomic mass is 32.2. The minimum atomic E-state index is -3.49. The average molecular weight is 426 g/mol. The van der Waals surface area contributed by atoms with Gasteiger partial charge in [0.15, 0.2) is 0 Å². The molecule has 3 unspecified atom stereocenters. The first-order valence-electron chi connectivity index (χ1n) is 10.5. The number of benzene rings is 2. The maximum atomic E-state index is 13.2. The van der Waals surface area contributed by atoms with Crippen molar-refractivity contribution in [3.63, 3.8) is 0 Å². The quantitative estimate of drug-likeness (QED) is 0.739. The number of phenolic OH excluding ortho intramolecular Hbond substituents is 1. The van der Waals surface area contributed by atoms with Crippen LogP contribution in [0.1, 0.15) is 29.5 Å². The van der Waals surface area contributed by atoms with Gasteiger partial charge in [-0.1, -0.05) is 24.3 Å². The number of hydrogen-bond acceptors (Lipinski definition) is 5. The molecule has 158 valence electrons. The summed E-state index contributed by atoms with van der Waals surface area (Å²) in [5, 5.41) is 13.3. The second-order valence-electron chi connectivity index (χ2n) is 8.52. The van der Waals surface area contributed by atoms with E-state index in [1.807, 2.05) is 31.3 Å². The number of rotatable bonds is 3. The zero-order valence-electron chi connectivity index (χ0n) is 17.0. The van der Waals surface area contributed by atoms with Crippen LogP contribution in [-0.4, -0.2) is 56.0 Å². The van der Waals surface area contributed by atoms with Crippen LogP contribution in [0, 0.1) is 5.92 Å². The molecule has 0 bridgehead atoms. The molecular formula is C23H27N3O3S. The number of aromatic hydroxyl groups is 1. The lowest BCUT2D eigenvalue weighted by Crippen LogP contribution is -2.47. The van der Waals surface area contributed by atoms with E-state index in [2.05, 4.69) is 22.4 Å². The summed E-state index contributed by atoms with van der Waals surface area (Å²) in [5.41, 5.74) is 3.17. The van der Waals surface area contributed by atoms with Gasteiger partial charge in [-0.25, -0.2) is 8.42 Å². The summed E-state index contributed by atoms with van der Waals surface area (Å²) in [6.07, 6.45) is 5.35. The molecule has 7 heteroatoms. The first-order valence-corrected chi connectivity index (χ1v) is 11.9. The lowest BCUT2D eigenvalue weighted by molar-refractivity contribution is 0.222. The number of anilines is 1. The van der Waals surface area contributed by atoms with E-state index in [0.29, 0.717) is 23.9 Å². The number of nitrogens with one attached hydrogen (secondary N) is 1. The van der Waals surface area contributed by atoms with Crippen LogP contribution in [0.5, 0.6) is 5.75 Å². The Morgan fingerprint density at radius 2 is 1.77 bits per heavy atom. The van der Waals surface area contributed by atoms with Crippen LogP contribution in [-0.2, 0) is 10.0 Å². The molecule has 1 saturated heterocycles. The van der Waals surface area contributed by atoms with Crippen LogP contribution < -0.4 is 5.32 Å². The molecule has 6 nitrogen and oxygen atoms in total. The summed E-state index contributed by atoms with van der Waals surface area (Å²) < 4.78 is 28.1. The second kappa shape index (κ2) is 7.41. The van der Waals surface area contributed by atoms with Crippen LogP contribution in [0.2, 0.25) is 0 Å². The highest BCUT2D eigenvalue weighted by molar-refractivity contribution is 7.89. The molecule has 2 N–H and O–H groups in total. The summed E-state index contributed by atoms with van der Waals surface area (Å²) >= 11 is 0. The maximum absolute atomic E-state index is 13.2. The average Bonchev–Trinajstić information content (AvgIpc) is 3.24. The van der Waals surface area contributed by atoms with Gasteiger partial charge in [0.25, 0.3) is 0 Å². The van der Waals surface area contributed by atoms with Gasteiger partial charge >= 0.3 is 0 Å². The Morgan fingerprint density at radius 1 is 1.03 bits per heavy atom. The monoisotopic (exact) mass is 425 g/mol. The Labute approximate surface area is 177 Å². The molecular weight excluding hydrogens is 398 g/mol. The molecule has 0 saturated carbocycles. The van der Waals surface area contributed by atoms with Crippen molar-refractivity contribution in [2.24, 2.45) is 5.92 Å². The second-order valence-corrected chi connectivity index (χ2v) is 10.5. The van der Waals surface area contributed by atoms with E-state index in [1.165, 1.54) is 0 Å². The van der Waals surface area contributed by atoms with Crippen LogP contribution >= 0.6 is 0 Å². The molecule has 2 heterocycles. The van der Waals surface area contributed by atoms with Crippen molar-refractivity contribution < 1.29 is 13.5 Å². The zero-order chi connectivity index (χ0) is 20.9. The summed E-state index contributed by atoms with van der Waals surface area (Å²) in [7, 11) is -1.47. The largest absolute Gasteiger partial charge is 0.508 e. The van der Waals surface area contributed by atoms with Crippen molar-refractivity contribution in [1.29, 1.82) is 0 Å². The number of piperazine rings is 1. The lowest BCUT2D eigenvalue weighted by atomic mass is 9.77. The maximum Gasteiger partial charge on any atom is 0.243 e. The van der Waals surface area contributed by atoms with E-state index in [0.717, 1.165) is 36.3 Å². The Balaban J connectivity index is 1.48. The minimum Gasteiger partial charge on any atom is -0.508 e. The van der Waals surface area contributed by atoms with Gasteiger partial charge in [-0.15, -0.1) is 0 Å². The molecule has 1 fully saturated rings. The van der Waals surface area contributed by atoms with E-state index in [4.69, 9.17) is 0 Å². The Morgan fingerprint density at radius 3 is 2.50 bits per heavy atom. The van der Waals surface area contributed by atoms with Gasteiger partial charge in [-0.3, -0.25) is 0 Å². The number of sulfonamides is 1. The van der Waals surface area contributed by atoms with Gasteiger partial charge in [0, 0.05) is 37.8 Å². The number of fused-ring (bicyclic) bond motifs is 3. The van der Waals surface area contributed by atoms with Crippen LogP contribution in [0.3, 0.4) is 0 Å². The third-order valence-electron chi connectivity index (χ3n) is 6.69. The standard InChI is InChI=1S/C23H27N3O3S/c1-25-11-13-26(14-12-25)30(28,29)18-9-10-22-21(15-18)19-3-2-4-20(19)23(24-22)16-5-7-17(27)8-6-16/h2-3,5-10,15,19-20,23-24,27H,4,11-14H2,1H3. The van der Waals surface area contributed by atoms with Crippen molar-refractivity contribution in [3.8, 4) is 5.75 Å². The molecule has 0 radical (unpaired) electrons. The number of likely N-dealkylation sites (N-methyl/N-ethyl adjacent to an activating group) is 1. The molecule has 0 spiro atoms.